The molecule has 1 saturated heterocycles. The Morgan fingerprint density at radius 1 is 1.22 bits per heavy atom. The zero-order valence-corrected chi connectivity index (χ0v) is 16.9. The van der Waals surface area contributed by atoms with Crippen molar-refractivity contribution < 1.29 is 22.4 Å². The number of hydrogen-bond donors (Lipinski definition) is 1. The Morgan fingerprint density at radius 3 is 2.69 bits per heavy atom. The molecule has 3 aromatic rings. The molecule has 0 radical (unpaired) electrons. The van der Waals surface area contributed by atoms with Gasteiger partial charge in [0.05, 0.1) is 24.2 Å². The summed E-state index contributed by atoms with van der Waals surface area (Å²) in [7, 11) is 0. The molecule has 1 amide bonds. The molecule has 1 aromatic carbocycles. The molecule has 1 N–H and O–H groups in total. The number of hydrogen-bond acceptors (Lipinski definition) is 3. The number of likely N-dealkylation sites (tertiary alicyclic amines) is 1. The lowest BCUT2D eigenvalue weighted by atomic mass is 9.98. The van der Waals surface area contributed by atoms with Gasteiger partial charge in [0.1, 0.15) is 11.5 Å². The van der Waals surface area contributed by atoms with Crippen LogP contribution < -0.4 is 5.56 Å². The number of nitrogens with one attached hydrogen (secondary N) is 1. The molecular weight excluding hydrogens is 426 g/mol. The van der Waals surface area contributed by atoms with Crippen LogP contribution >= 0.6 is 0 Å². The predicted molar refractivity (Wildman–Crippen MR) is 109 cm³/mol. The number of aromatic amines is 1. The SMILES string of the molecule is Cc1c(CC(=O)N2C[C@H]3C[C@@H]2C=C3c2ncc(F)cc2F)c(=O)[nH]c2ccc(F)c(F)c12. The molecule has 9 heteroatoms. The molecule has 2 aliphatic rings. The van der Waals surface area contributed by atoms with E-state index in [9.17, 15) is 27.2 Å². The number of rotatable bonds is 3. The smallest absolute Gasteiger partial charge is 0.252 e. The van der Waals surface area contributed by atoms with E-state index in [0.29, 0.717) is 18.5 Å². The van der Waals surface area contributed by atoms with Gasteiger partial charge in [-0.2, -0.15) is 0 Å². The van der Waals surface area contributed by atoms with Gasteiger partial charge in [-0.05, 0) is 36.6 Å². The van der Waals surface area contributed by atoms with Gasteiger partial charge in [0.25, 0.3) is 5.56 Å². The zero-order valence-electron chi connectivity index (χ0n) is 16.9. The molecule has 3 heterocycles. The minimum Gasteiger partial charge on any atom is -0.335 e. The lowest BCUT2D eigenvalue weighted by Crippen LogP contribution is -2.38. The van der Waals surface area contributed by atoms with Crippen molar-refractivity contribution in [1.82, 2.24) is 14.9 Å². The van der Waals surface area contributed by atoms with E-state index in [2.05, 4.69) is 9.97 Å². The molecule has 0 spiro atoms. The summed E-state index contributed by atoms with van der Waals surface area (Å²) in [6.45, 7) is 1.79. The van der Waals surface area contributed by atoms with Crippen molar-refractivity contribution >= 4 is 22.4 Å². The highest BCUT2D eigenvalue weighted by Crippen LogP contribution is 2.42. The predicted octanol–water partition coefficient (Wildman–Crippen LogP) is 3.64. The fraction of sp³-hybridized carbons (Fsp3) is 0.261. The maximum atomic E-state index is 14.3. The fourth-order valence-corrected chi connectivity index (χ4v) is 4.78. The largest absolute Gasteiger partial charge is 0.335 e. The molecule has 32 heavy (non-hydrogen) atoms. The third kappa shape index (κ3) is 3.11. The monoisotopic (exact) mass is 443 g/mol. The van der Waals surface area contributed by atoms with Gasteiger partial charge in [-0.15, -0.1) is 0 Å². The number of carbonyl (C=O) groups is 1. The standard InChI is InChI=1S/C23H17F4N3O2/c1-10-14(23(32)29-18-3-2-16(25)21(27)20(10)18)7-19(31)30-9-11-4-13(30)6-15(11)22-17(26)5-12(24)8-28-22/h2-3,5-6,8,11,13H,4,7,9H2,1H3,(H,29,32)/t11-,13-/m1/s1. The lowest BCUT2D eigenvalue weighted by Gasteiger charge is -2.26. The van der Waals surface area contributed by atoms with Crippen molar-refractivity contribution in [2.24, 2.45) is 5.92 Å². The van der Waals surface area contributed by atoms with E-state index in [-0.39, 0.29) is 52.0 Å². The van der Waals surface area contributed by atoms with Gasteiger partial charge in [0, 0.05) is 29.5 Å². The van der Waals surface area contributed by atoms with Gasteiger partial charge < -0.3 is 9.88 Å². The van der Waals surface area contributed by atoms with E-state index in [0.717, 1.165) is 18.3 Å². The average Bonchev–Trinajstić information content (AvgIpc) is 3.34. The Labute approximate surface area is 179 Å². The van der Waals surface area contributed by atoms with Crippen molar-refractivity contribution in [2.75, 3.05) is 6.54 Å². The summed E-state index contributed by atoms with van der Waals surface area (Å²) in [5.74, 6) is -4.13. The Kier molecular flexibility index (Phi) is 4.65. The molecular formula is C23H17F4N3O2. The second-order valence-corrected chi connectivity index (χ2v) is 8.17. The van der Waals surface area contributed by atoms with Crippen LogP contribution in [0.1, 0.15) is 23.2 Å². The van der Waals surface area contributed by atoms with Crippen LogP contribution in [0, 0.1) is 36.1 Å². The second kappa shape index (κ2) is 7.29. The molecule has 1 aliphatic heterocycles. The van der Waals surface area contributed by atoms with Crippen LogP contribution in [0.4, 0.5) is 17.6 Å². The van der Waals surface area contributed by atoms with Gasteiger partial charge in [0.2, 0.25) is 5.91 Å². The number of carbonyl (C=O) groups excluding carboxylic acids is 1. The second-order valence-electron chi connectivity index (χ2n) is 8.17. The Hall–Kier alpha value is -3.49. The maximum absolute atomic E-state index is 14.3. The van der Waals surface area contributed by atoms with Gasteiger partial charge in [-0.3, -0.25) is 14.6 Å². The first kappa shape index (κ1) is 20.4. The maximum Gasteiger partial charge on any atom is 0.252 e. The van der Waals surface area contributed by atoms with Crippen LogP contribution in [0.5, 0.6) is 0 Å². The van der Waals surface area contributed by atoms with Crippen molar-refractivity contribution in [3.63, 3.8) is 0 Å². The molecule has 2 aromatic heterocycles. The Balaban J connectivity index is 1.43. The van der Waals surface area contributed by atoms with Crippen LogP contribution in [0.25, 0.3) is 16.5 Å². The summed E-state index contributed by atoms with van der Waals surface area (Å²) in [5, 5.41) is -0.0598. The summed E-state index contributed by atoms with van der Waals surface area (Å²) in [6, 6.07) is 2.68. The number of H-pyrrole nitrogens is 1. The van der Waals surface area contributed by atoms with Crippen LogP contribution in [-0.4, -0.2) is 33.4 Å². The number of fused-ring (bicyclic) bond motifs is 3. The van der Waals surface area contributed by atoms with E-state index in [1.54, 1.807) is 11.0 Å². The first-order valence-electron chi connectivity index (χ1n) is 10.1. The molecule has 2 atom stereocenters. The first-order chi connectivity index (χ1) is 15.2. The summed E-state index contributed by atoms with van der Waals surface area (Å²) in [6.07, 6.45) is 2.99. The van der Waals surface area contributed by atoms with Crippen molar-refractivity contribution in [1.29, 1.82) is 0 Å². The van der Waals surface area contributed by atoms with Crippen molar-refractivity contribution in [3.8, 4) is 0 Å². The summed E-state index contributed by atoms with van der Waals surface area (Å²) >= 11 is 0. The number of nitrogens with zero attached hydrogens (tertiary/aromatic N) is 2. The van der Waals surface area contributed by atoms with Crippen LogP contribution in [0.15, 0.2) is 35.3 Å². The lowest BCUT2D eigenvalue weighted by molar-refractivity contribution is -0.130. The molecule has 0 saturated carbocycles. The molecule has 1 fully saturated rings. The number of benzene rings is 1. The molecule has 164 valence electrons. The Morgan fingerprint density at radius 2 is 2.00 bits per heavy atom. The molecule has 0 unspecified atom stereocenters. The highest BCUT2D eigenvalue weighted by Gasteiger charge is 2.42. The highest BCUT2D eigenvalue weighted by molar-refractivity contribution is 5.87. The highest BCUT2D eigenvalue weighted by atomic mass is 19.2. The number of pyridine rings is 2. The minimum atomic E-state index is -1.08. The van der Waals surface area contributed by atoms with Crippen LogP contribution in [0.3, 0.4) is 0 Å². The number of aryl methyl sites for hydroxylation is 1. The van der Waals surface area contributed by atoms with Crippen LogP contribution in [0.2, 0.25) is 0 Å². The van der Waals surface area contributed by atoms with E-state index in [1.807, 2.05) is 0 Å². The van der Waals surface area contributed by atoms with E-state index in [1.165, 1.54) is 13.0 Å². The molecule has 1 aliphatic carbocycles. The molecule has 5 rings (SSSR count). The fourth-order valence-electron chi connectivity index (χ4n) is 4.78. The van der Waals surface area contributed by atoms with Gasteiger partial charge in [-0.25, -0.2) is 17.6 Å². The number of aromatic nitrogens is 2. The van der Waals surface area contributed by atoms with Gasteiger partial charge in [-0.1, -0.05) is 6.08 Å². The molecule has 2 bridgehead atoms. The Bertz CT molecular complexity index is 1380. The number of amides is 1. The summed E-state index contributed by atoms with van der Waals surface area (Å²) < 4.78 is 55.3. The van der Waals surface area contributed by atoms with Crippen LogP contribution in [-0.2, 0) is 11.2 Å². The van der Waals surface area contributed by atoms with E-state index < -0.39 is 28.8 Å². The summed E-state index contributed by atoms with van der Waals surface area (Å²) in [5.41, 5.74) is 0.619. The quantitative estimate of drug-likeness (QED) is 0.629. The third-order valence-corrected chi connectivity index (χ3v) is 6.33. The van der Waals surface area contributed by atoms with E-state index in [4.69, 9.17) is 0 Å². The topological polar surface area (TPSA) is 66.1 Å². The first-order valence-corrected chi connectivity index (χ1v) is 10.1. The van der Waals surface area contributed by atoms with E-state index >= 15 is 0 Å². The third-order valence-electron chi connectivity index (χ3n) is 6.33. The normalized spacial score (nSPS) is 19.7. The minimum absolute atomic E-state index is 0.0598. The molecule has 5 nitrogen and oxygen atoms in total. The van der Waals surface area contributed by atoms with Gasteiger partial charge in [0.15, 0.2) is 17.5 Å². The van der Waals surface area contributed by atoms with Crippen molar-refractivity contribution in [2.45, 2.75) is 25.8 Å². The number of halogens is 4. The summed E-state index contributed by atoms with van der Waals surface area (Å²) in [4.78, 5) is 33.5. The van der Waals surface area contributed by atoms with Crippen molar-refractivity contribution in [3.05, 3.63) is 80.9 Å². The zero-order chi connectivity index (χ0) is 22.7. The average molecular weight is 443 g/mol. The van der Waals surface area contributed by atoms with Gasteiger partial charge >= 0.3 is 0 Å².